The molecule has 0 bridgehead atoms. The topological polar surface area (TPSA) is 52.6 Å². The summed E-state index contributed by atoms with van der Waals surface area (Å²) in [5, 5.41) is 13.0. The van der Waals surface area contributed by atoms with Gasteiger partial charge >= 0.3 is 0 Å². The molecule has 2 N–H and O–H groups in total. The van der Waals surface area contributed by atoms with Crippen LogP contribution in [0.1, 0.15) is 38.7 Å². The molecule has 1 heterocycles. The van der Waals surface area contributed by atoms with Crippen LogP contribution < -0.4 is 10.2 Å². The zero-order valence-electron chi connectivity index (χ0n) is 13.2. The van der Waals surface area contributed by atoms with E-state index in [4.69, 9.17) is 0 Å². The summed E-state index contributed by atoms with van der Waals surface area (Å²) < 4.78 is 0. The average Bonchev–Trinajstić information content (AvgIpc) is 2.51. The van der Waals surface area contributed by atoms with Crippen LogP contribution in [0.15, 0.2) is 18.2 Å². The number of likely N-dealkylation sites (N-methyl/N-ethyl adjacent to an activating group) is 1. The Morgan fingerprint density at radius 1 is 1.43 bits per heavy atom. The predicted molar refractivity (Wildman–Crippen MR) is 85.7 cm³/mol. The highest BCUT2D eigenvalue weighted by Gasteiger charge is 2.30. The van der Waals surface area contributed by atoms with Gasteiger partial charge in [-0.1, -0.05) is 19.4 Å². The van der Waals surface area contributed by atoms with Crippen LogP contribution in [-0.4, -0.2) is 30.1 Å². The van der Waals surface area contributed by atoms with E-state index in [1.807, 2.05) is 19.9 Å². The highest BCUT2D eigenvalue weighted by atomic mass is 16.3. The third-order valence-corrected chi connectivity index (χ3v) is 4.45. The van der Waals surface area contributed by atoms with Crippen LogP contribution in [0.4, 0.5) is 5.69 Å². The molecule has 4 nitrogen and oxygen atoms in total. The molecule has 0 saturated carbocycles. The SMILES string of the molecule is CCC1CCNC(C(=O)N(CC)c2cc(O)ccc2C)C1. The largest absolute Gasteiger partial charge is 0.508 e. The fourth-order valence-corrected chi connectivity index (χ4v) is 3.08. The maximum absolute atomic E-state index is 12.8. The van der Waals surface area contributed by atoms with E-state index in [-0.39, 0.29) is 17.7 Å². The fourth-order valence-electron chi connectivity index (χ4n) is 3.08. The van der Waals surface area contributed by atoms with E-state index in [0.29, 0.717) is 12.5 Å². The normalized spacial score (nSPS) is 22.0. The third kappa shape index (κ3) is 3.56. The van der Waals surface area contributed by atoms with Crippen molar-refractivity contribution in [3.63, 3.8) is 0 Å². The van der Waals surface area contributed by atoms with Crippen molar-refractivity contribution in [3.05, 3.63) is 23.8 Å². The number of phenols is 1. The summed E-state index contributed by atoms with van der Waals surface area (Å²) in [5.41, 5.74) is 1.81. The predicted octanol–water partition coefficient (Wildman–Crippen LogP) is 2.83. The number of aromatic hydroxyl groups is 1. The number of rotatable bonds is 4. The molecule has 0 aromatic heterocycles. The Balaban J connectivity index is 2.20. The van der Waals surface area contributed by atoms with E-state index in [1.54, 1.807) is 17.0 Å². The number of hydrogen-bond acceptors (Lipinski definition) is 3. The second-order valence-electron chi connectivity index (χ2n) is 5.86. The number of hydrogen-bond donors (Lipinski definition) is 2. The molecule has 0 aliphatic carbocycles. The van der Waals surface area contributed by atoms with Crippen molar-refractivity contribution >= 4 is 11.6 Å². The minimum Gasteiger partial charge on any atom is -0.508 e. The van der Waals surface area contributed by atoms with Gasteiger partial charge in [0.2, 0.25) is 5.91 Å². The van der Waals surface area contributed by atoms with E-state index in [9.17, 15) is 9.90 Å². The Labute approximate surface area is 127 Å². The lowest BCUT2D eigenvalue weighted by atomic mass is 9.89. The van der Waals surface area contributed by atoms with Crippen molar-refractivity contribution in [2.75, 3.05) is 18.0 Å². The number of carbonyl (C=O) groups excluding carboxylic acids is 1. The van der Waals surface area contributed by atoms with E-state index in [0.717, 1.165) is 37.1 Å². The molecule has 2 atom stereocenters. The summed E-state index contributed by atoms with van der Waals surface area (Å²) in [6.07, 6.45) is 3.18. The van der Waals surface area contributed by atoms with Gasteiger partial charge in [0.15, 0.2) is 0 Å². The molecule has 116 valence electrons. The molecule has 21 heavy (non-hydrogen) atoms. The van der Waals surface area contributed by atoms with E-state index < -0.39 is 0 Å². The molecular formula is C17H26N2O2. The molecule has 1 aromatic rings. The fraction of sp³-hybridized carbons (Fsp3) is 0.588. The standard InChI is InChI=1S/C17H26N2O2/c1-4-13-8-9-18-15(10-13)17(21)19(5-2)16-11-14(20)7-6-12(16)3/h6-7,11,13,15,18,20H,4-5,8-10H2,1-3H3. The molecule has 1 aliphatic heterocycles. The molecule has 2 unspecified atom stereocenters. The first-order chi connectivity index (χ1) is 10.1. The molecule has 0 radical (unpaired) electrons. The van der Waals surface area contributed by atoms with Gasteiger partial charge in [0.25, 0.3) is 0 Å². The van der Waals surface area contributed by atoms with Crippen molar-refractivity contribution in [2.45, 2.75) is 46.1 Å². The zero-order chi connectivity index (χ0) is 15.4. The van der Waals surface area contributed by atoms with Gasteiger partial charge in [-0.15, -0.1) is 0 Å². The molecule has 0 spiro atoms. The molecule has 1 fully saturated rings. The van der Waals surface area contributed by atoms with Crippen LogP contribution in [0, 0.1) is 12.8 Å². The van der Waals surface area contributed by atoms with Crippen LogP contribution in [-0.2, 0) is 4.79 Å². The maximum Gasteiger partial charge on any atom is 0.244 e. The smallest absolute Gasteiger partial charge is 0.244 e. The first-order valence-corrected chi connectivity index (χ1v) is 7.91. The molecule has 1 aliphatic rings. The first-order valence-electron chi connectivity index (χ1n) is 7.91. The van der Waals surface area contributed by atoms with E-state index in [1.165, 1.54) is 0 Å². The van der Waals surface area contributed by atoms with E-state index in [2.05, 4.69) is 12.2 Å². The molecule has 1 amide bonds. The van der Waals surface area contributed by atoms with Gasteiger partial charge in [-0.2, -0.15) is 0 Å². The zero-order valence-corrected chi connectivity index (χ0v) is 13.2. The van der Waals surface area contributed by atoms with Gasteiger partial charge in [-0.3, -0.25) is 4.79 Å². The van der Waals surface area contributed by atoms with Crippen LogP contribution >= 0.6 is 0 Å². The van der Waals surface area contributed by atoms with Gasteiger partial charge in [-0.05, 0) is 50.8 Å². The lowest BCUT2D eigenvalue weighted by Gasteiger charge is -2.33. The summed E-state index contributed by atoms with van der Waals surface area (Å²) in [6, 6.07) is 5.08. The van der Waals surface area contributed by atoms with Crippen LogP contribution in [0.25, 0.3) is 0 Å². The number of aryl methyl sites for hydroxylation is 1. The summed E-state index contributed by atoms with van der Waals surface area (Å²) in [6.45, 7) is 7.65. The molecule has 4 heteroatoms. The van der Waals surface area contributed by atoms with Crippen molar-refractivity contribution in [1.82, 2.24) is 5.32 Å². The van der Waals surface area contributed by atoms with Crippen LogP contribution in [0.3, 0.4) is 0 Å². The minimum atomic E-state index is -0.106. The van der Waals surface area contributed by atoms with Gasteiger partial charge in [-0.25, -0.2) is 0 Å². The quantitative estimate of drug-likeness (QED) is 0.896. The average molecular weight is 290 g/mol. The summed E-state index contributed by atoms with van der Waals surface area (Å²) >= 11 is 0. The highest BCUT2D eigenvalue weighted by molar-refractivity contribution is 5.98. The Morgan fingerprint density at radius 3 is 2.86 bits per heavy atom. The lowest BCUT2D eigenvalue weighted by Crippen LogP contribution is -2.50. The second kappa shape index (κ2) is 6.94. The molecule has 2 rings (SSSR count). The number of piperidine rings is 1. The van der Waals surface area contributed by atoms with Crippen molar-refractivity contribution < 1.29 is 9.90 Å². The van der Waals surface area contributed by atoms with Crippen molar-refractivity contribution in [1.29, 1.82) is 0 Å². The number of nitrogens with zero attached hydrogens (tertiary/aromatic N) is 1. The van der Waals surface area contributed by atoms with Gasteiger partial charge in [0.1, 0.15) is 5.75 Å². The third-order valence-electron chi connectivity index (χ3n) is 4.45. The van der Waals surface area contributed by atoms with Crippen LogP contribution in [0.5, 0.6) is 5.75 Å². The van der Waals surface area contributed by atoms with Gasteiger partial charge < -0.3 is 15.3 Å². The molecule has 1 saturated heterocycles. The number of nitrogens with one attached hydrogen (secondary N) is 1. The maximum atomic E-state index is 12.8. The number of benzene rings is 1. The highest BCUT2D eigenvalue weighted by Crippen LogP contribution is 2.27. The van der Waals surface area contributed by atoms with Crippen molar-refractivity contribution in [3.8, 4) is 5.75 Å². The Morgan fingerprint density at radius 2 is 2.19 bits per heavy atom. The number of anilines is 1. The summed E-state index contributed by atoms with van der Waals surface area (Å²) in [7, 11) is 0. The lowest BCUT2D eigenvalue weighted by molar-refractivity contribution is -0.121. The van der Waals surface area contributed by atoms with Crippen LogP contribution in [0.2, 0.25) is 0 Å². The minimum absolute atomic E-state index is 0.106. The Kier molecular flexibility index (Phi) is 5.23. The molecule has 1 aromatic carbocycles. The van der Waals surface area contributed by atoms with Gasteiger partial charge in [0, 0.05) is 12.6 Å². The Bertz CT molecular complexity index is 502. The number of amides is 1. The van der Waals surface area contributed by atoms with Gasteiger partial charge in [0.05, 0.1) is 11.7 Å². The molecular weight excluding hydrogens is 264 g/mol. The summed E-state index contributed by atoms with van der Waals surface area (Å²) in [5.74, 6) is 0.943. The summed E-state index contributed by atoms with van der Waals surface area (Å²) in [4.78, 5) is 14.6. The van der Waals surface area contributed by atoms with E-state index >= 15 is 0 Å². The number of phenolic OH excluding ortho intramolecular Hbond substituents is 1. The second-order valence-corrected chi connectivity index (χ2v) is 5.86. The first kappa shape index (κ1) is 15.8. The van der Waals surface area contributed by atoms with Crippen molar-refractivity contribution in [2.24, 2.45) is 5.92 Å². The monoisotopic (exact) mass is 290 g/mol. The number of carbonyl (C=O) groups is 1. The Hall–Kier alpha value is -1.55.